The molecule has 5 heteroatoms. The third kappa shape index (κ3) is 4.69. The largest absolute Gasteiger partial charge is 0.423 e. The lowest BCUT2D eigenvalue weighted by atomic mass is 10.1. The molecule has 0 amide bonds. The van der Waals surface area contributed by atoms with Crippen LogP contribution in [0.4, 0.5) is 0 Å². The van der Waals surface area contributed by atoms with Crippen LogP contribution in [0.1, 0.15) is 31.8 Å². The average Bonchev–Trinajstić information content (AvgIpc) is 2.68. The lowest BCUT2D eigenvalue weighted by Crippen LogP contribution is -2.10. The summed E-state index contributed by atoms with van der Waals surface area (Å²) in [7, 11) is 0. The maximum Gasteiger partial charge on any atom is 0.343 e. The zero-order chi connectivity index (χ0) is 20.1. The van der Waals surface area contributed by atoms with E-state index in [1.165, 1.54) is 6.08 Å². The van der Waals surface area contributed by atoms with Gasteiger partial charge in [0.15, 0.2) is 5.78 Å². The van der Waals surface area contributed by atoms with Crippen molar-refractivity contribution in [3.8, 4) is 5.75 Å². The van der Waals surface area contributed by atoms with Gasteiger partial charge in [-0.2, -0.15) is 0 Å². The Bertz CT molecular complexity index is 1030. The first-order valence-corrected chi connectivity index (χ1v) is 9.25. The summed E-state index contributed by atoms with van der Waals surface area (Å²) in [4.78, 5) is 24.6. The molecule has 0 saturated heterocycles. The van der Waals surface area contributed by atoms with E-state index in [0.717, 1.165) is 5.56 Å². The first-order chi connectivity index (χ1) is 13.5. The molecule has 0 heterocycles. The smallest absolute Gasteiger partial charge is 0.343 e. The van der Waals surface area contributed by atoms with Gasteiger partial charge in [-0.15, -0.1) is 0 Å². The fourth-order valence-electron chi connectivity index (χ4n) is 2.58. The molecule has 0 unspecified atom stereocenters. The minimum atomic E-state index is -0.439. The van der Waals surface area contributed by atoms with Gasteiger partial charge in [0.2, 0.25) is 0 Å². The molecule has 3 aromatic carbocycles. The van der Waals surface area contributed by atoms with Gasteiger partial charge >= 0.3 is 5.97 Å². The third-order valence-electron chi connectivity index (χ3n) is 4.12. The van der Waals surface area contributed by atoms with E-state index in [0.29, 0.717) is 32.5 Å². The second-order valence-electron chi connectivity index (χ2n) is 6.06. The average molecular weight is 411 g/mol. The van der Waals surface area contributed by atoms with E-state index in [1.807, 2.05) is 19.1 Å². The second kappa shape index (κ2) is 8.87. The Balaban J connectivity index is 1.70. The molecular formula is C23H16Cl2O3. The van der Waals surface area contributed by atoms with Crippen LogP contribution in [0.2, 0.25) is 10.0 Å². The maximum absolute atomic E-state index is 12.4. The minimum absolute atomic E-state index is 0.215. The minimum Gasteiger partial charge on any atom is -0.423 e. The summed E-state index contributed by atoms with van der Waals surface area (Å²) in [6.45, 7) is 1.84. The van der Waals surface area contributed by atoms with Gasteiger partial charge in [-0.25, -0.2) is 4.79 Å². The van der Waals surface area contributed by atoms with Crippen molar-refractivity contribution in [2.45, 2.75) is 6.92 Å². The molecule has 0 saturated carbocycles. The van der Waals surface area contributed by atoms with Gasteiger partial charge in [-0.3, -0.25) is 4.79 Å². The van der Waals surface area contributed by atoms with E-state index in [1.54, 1.807) is 60.7 Å². The molecule has 0 fully saturated rings. The van der Waals surface area contributed by atoms with Gasteiger partial charge in [0.25, 0.3) is 0 Å². The Labute approximate surface area is 173 Å². The predicted molar refractivity (Wildman–Crippen MR) is 112 cm³/mol. The summed E-state index contributed by atoms with van der Waals surface area (Å²) in [6.07, 6.45) is 2.99. The van der Waals surface area contributed by atoms with Gasteiger partial charge in [-0.1, -0.05) is 47.5 Å². The topological polar surface area (TPSA) is 43.4 Å². The van der Waals surface area contributed by atoms with Crippen LogP contribution in [-0.2, 0) is 0 Å². The Hall–Kier alpha value is -2.88. The molecule has 3 nitrogen and oxygen atoms in total. The molecule has 0 N–H and O–H groups in total. The molecule has 3 aromatic rings. The van der Waals surface area contributed by atoms with E-state index in [4.69, 9.17) is 27.9 Å². The number of halogens is 2. The molecule has 0 aliphatic carbocycles. The van der Waals surface area contributed by atoms with Crippen LogP contribution in [0.25, 0.3) is 6.08 Å². The summed E-state index contributed by atoms with van der Waals surface area (Å²) >= 11 is 12.2. The van der Waals surface area contributed by atoms with Crippen molar-refractivity contribution in [1.29, 1.82) is 0 Å². The standard InChI is InChI=1S/C23H16Cl2O3/c1-15-5-2-3-6-18(15)23(27)28-17-11-9-16(10-12-17)22(26)14-13-19-20(24)7-4-8-21(19)25/h2-14H,1H3/b14-13+. The normalized spacial score (nSPS) is 10.8. The van der Waals surface area contributed by atoms with Gasteiger partial charge in [0, 0.05) is 21.2 Å². The number of ketones is 1. The number of esters is 1. The summed E-state index contributed by atoms with van der Waals surface area (Å²) in [5.74, 6) is -0.291. The quantitative estimate of drug-likeness (QED) is 0.211. The van der Waals surface area contributed by atoms with Gasteiger partial charge in [0.1, 0.15) is 5.75 Å². The molecule has 0 aliphatic rings. The lowest BCUT2D eigenvalue weighted by Gasteiger charge is -2.07. The van der Waals surface area contributed by atoms with Crippen LogP contribution < -0.4 is 4.74 Å². The third-order valence-corrected chi connectivity index (χ3v) is 4.77. The van der Waals surface area contributed by atoms with Crippen LogP contribution in [0, 0.1) is 6.92 Å². The van der Waals surface area contributed by atoms with Crippen LogP contribution in [0.3, 0.4) is 0 Å². The van der Waals surface area contributed by atoms with E-state index >= 15 is 0 Å². The highest BCUT2D eigenvalue weighted by Crippen LogP contribution is 2.25. The van der Waals surface area contributed by atoms with Crippen molar-refractivity contribution < 1.29 is 14.3 Å². The number of hydrogen-bond acceptors (Lipinski definition) is 3. The number of carbonyl (C=O) groups excluding carboxylic acids is 2. The summed E-state index contributed by atoms with van der Waals surface area (Å²) in [5.41, 5.74) is 2.38. The van der Waals surface area contributed by atoms with E-state index in [9.17, 15) is 9.59 Å². The fourth-order valence-corrected chi connectivity index (χ4v) is 3.10. The number of aryl methyl sites for hydroxylation is 1. The van der Waals surface area contributed by atoms with Crippen molar-refractivity contribution in [1.82, 2.24) is 0 Å². The highest BCUT2D eigenvalue weighted by Gasteiger charge is 2.11. The van der Waals surface area contributed by atoms with E-state index < -0.39 is 5.97 Å². The molecular weight excluding hydrogens is 395 g/mol. The summed E-state index contributed by atoms with van der Waals surface area (Å²) in [5, 5.41) is 0.935. The van der Waals surface area contributed by atoms with Crippen LogP contribution in [-0.4, -0.2) is 11.8 Å². The molecule has 0 aliphatic heterocycles. The monoisotopic (exact) mass is 410 g/mol. The molecule has 140 valence electrons. The number of carbonyl (C=O) groups is 2. The summed E-state index contributed by atoms with van der Waals surface area (Å²) < 4.78 is 5.37. The molecule has 0 radical (unpaired) electrons. The lowest BCUT2D eigenvalue weighted by molar-refractivity contribution is 0.0734. The molecule has 3 rings (SSSR count). The number of rotatable bonds is 5. The zero-order valence-electron chi connectivity index (χ0n) is 15.0. The Kier molecular flexibility index (Phi) is 6.30. The number of allylic oxidation sites excluding steroid dienone is 1. The zero-order valence-corrected chi connectivity index (χ0v) is 16.5. The number of ether oxygens (including phenoxy) is 1. The van der Waals surface area contributed by atoms with Gasteiger partial charge in [0.05, 0.1) is 5.56 Å². The van der Waals surface area contributed by atoms with Crippen LogP contribution >= 0.6 is 23.2 Å². The van der Waals surface area contributed by atoms with Crippen LogP contribution in [0.5, 0.6) is 5.75 Å². The number of benzene rings is 3. The second-order valence-corrected chi connectivity index (χ2v) is 6.88. The van der Waals surface area contributed by atoms with Crippen molar-refractivity contribution in [2.24, 2.45) is 0 Å². The van der Waals surface area contributed by atoms with Crippen molar-refractivity contribution >= 4 is 41.0 Å². The Morgan fingerprint density at radius 1 is 0.857 bits per heavy atom. The molecule has 0 atom stereocenters. The highest BCUT2D eigenvalue weighted by atomic mass is 35.5. The van der Waals surface area contributed by atoms with Crippen molar-refractivity contribution in [3.05, 3.63) is 105 Å². The number of hydrogen-bond donors (Lipinski definition) is 0. The molecule has 0 bridgehead atoms. The molecule has 28 heavy (non-hydrogen) atoms. The Morgan fingerprint density at radius 2 is 1.50 bits per heavy atom. The van der Waals surface area contributed by atoms with Gasteiger partial charge < -0.3 is 4.74 Å². The summed E-state index contributed by atoms with van der Waals surface area (Å²) in [6, 6.07) is 18.7. The van der Waals surface area contributed by atoms with Crippen molar-refractivity contribution in [2.75, 3.05) is 0 Å². The van der Waals surface area contributed by atoms with Crippen LogP contribution in [0.15, 0.2) is 72.8 Å². The molecule has 0 aromatic heterocycles. The Morgan fingerprint density at radius 3 is 2.14 bits per heavy atom. The van der Waals surface area contributed by atoms with Crippen molar-refractivity contribution in [3.63, 3.8) is 0 Å². The fraction of sp³-hybridized carbons (Fsp3) is 0.0435. The van der Waals surface area contributed by atoms with Gasteiger partial charge in [-0.05, 0) is 67.1 Å². The highest BCUT2D eigenvalue weighted by molar-refractivity contribution is 6.37. The first kappa shape index (κ1) is 19.9. The van der Waals surface area contributed by atoms with E-state index in [-0.39, 0.29) is 5.78 Å². The SMILES string of the molecule is Cc1ccccc1C(=O)Oc1ccc(C(=O)/C=C/c2c(Cl)cccc2Cl)cc1. The maximum atomic E-state index is 12.4. The van der Waals surface area contributed by atoms with E-state index in [2.05, 4.69) is 0 Å². The molecule has 0 spiro atoms. The predicted octanol–water partition coefficient (Wildman–Crippen LogP) is 6.42. The first-order valence-electron chi connectivity index (χ1n) is 8.50.